The number of rotatable bonds is 10. The molecule has 0 fully saturated rings. The van der Waals surface area contributed by atoms with Crippen LogP contribution in [0.15, 0.2) is 42.5 Å². The zero-order valence-corrected chi connectivity index (χ0v) is 18.1. The molecule has 0 saturated carbocycles. The van der Waals surface area contributed by atoms with E-state index in [9.17, 15) is 14.4 Å². The van der Waals surface area contributed by atoms with Crippen LogP contribution in [-0.2, 0) is 31.9 Å². The fourth-order valence-electron chi connectivity index (χ4n) is 3.07. The fraction of sp³-hybridized carbons (Fsp3) is 0.348. The molecule has 0 aliphatic rings. The smallest absolute Gasteiger partial charge is 0.328 e. The summed E-state index contributed by atoms with van der Waals surface area (Å²) in [5.74, 6) is -0.702. The highest BCUT2D eigenvalue weighted by atomic mass is 16.5. The van der Waals surface area contributed by atoms with Crippen molar-refractivity contribution >= 4 is 17.8 Å². The first-order chi connectivity index (χ1) is 14.9. The average Bonchev–Trinajstić information content (AvgIpc) is 2.81. The Balaban J connectivity index is 2.16. The molecule has 0 aliphatic carbocycles. The van der Waals surface area contributed by atoms with Crippen molar-refractivity contribution in [1.29, 1.82) is 0 Å². The maximum atomic E-state index is 12.9. The number of aryl methyl sites for hydroxylation is 1. The number of ether oxygens (including phenoxy) is 4. The summed E-state index contributed by atoms with van der Waals surface area (Å²) in [4.78, 5) is 36.5. The Morgan fingerprint density at radius 1 is 0.839 bits per heavy atom. The maximum absolute atomic E-state index is 12.9. The third kappa shape index (κ3) is 6.47. The number of carbonyl (C=O) groups excluding carboxylic acids is 3. The third-order valence-electron chi connectivity index (χ3n) is 4.75. The van der Waals surface area contributed by atoms with Crippen molar-refractivity contribution in [2.75, 3.05) is 28.4 Å². The van der Waals surface area contributed by atoms with E-state index in [0.717, 1.165) is 11.1 Å². The molecule has 2 aromatic carbocycles. The van der Waals surface area contributed by atoms with Gasteiger partial charge in [0.05, 0.1) is 28.4 Å². The highest BCUT2D eigenvalue weighted by Crippen LogP contribution is 2.28. The first kappa shape index (κ1) is 23.7. The van der Waals surface area contributed by atoms with Crippen molar-refractivity contribution in [3.8, 4) is 11.5 Å². The lowest BCUT2D eigenvalue weighted by atomic mass is 10.0. The summed E-state index contributed by atoms with van der Waals surface area (Å²) in [6.07, 6.45) is 1.07. The summed E-state index contributed by atoms with van der Waals surface area (Å²) >= 11 is 0. The predicted molar refractivity (Wildman–Crippen MR) is 113 cm³/mol. The Labute approximate surface area is 181 Å². The Morgan fingerprint density at radius 2 is 1.42 bits per heavy atom. The molecule has 166 valence electrons. The summed E-state index contributed by atoms with van der Waals surface area (Å²) in [6.45, 7) is 0. The molecule has 0 radical (unpaired) electrons. The SMILES string of the molecule is COC(=O)CCc1ccc(C[C@H](NC(=O)c2c(OC)cccc2OC)C(=O)OC)cc1. The van der Waals surface area contributed by atoms with Crippen molar-refractivity contribution in [2.45, 2.75) is 25.3 Å². The molecular weight excluding hydrogens is 402 g/mol. The van der Waals surface area contributed by atoms with Gasteiger partial charge in [0.2, 0.25) is 0 Å². The van der Waals surface area contributed by atoms with E-state index < -0.39 is 17.9 Å². The normalized spacial score (nSPS) is 11.2. The largest absolute Gasteiger partial charge is 0.496 e. The van der Waals surface area contributed by atoms with Crippen molar-refractivity contribution in [1.82, 2.24) is 5.32 Å². The highest BCUT2D eigenvalue weighted by Gasteiger charge is 2.26. The second-order valence-electron chi connectivity index (χ2n) is 6.68. The molecule has 0 aromatic heterocycles. The van der Waals surface area contributed by atoms with Crippen LogP contribution in [0.4, 0.5) is 0 Å². The van der Waals surface area contributed by atoms with E-state index in [4.69, 9.17) is 14.2 Å². The quantitative estimate of drug-likeness (QED) is 0.579. The summed E-state index contributed by atoms with van der Waals surface area (Å²) < 4.78 is 20.0. The zero-order chi connectivity index (χ0) is 22.8. The van der Waals surface area contributed by atoms with Gasteiger partial charge in [-0.05, 0) is 29.7 Å². The number of benzene rings is 2. The molecule has 0 unspecified atom stereocenters. The van der Waals surface area contributed by atoms with Crippen LogP contribution in [0.2, 0.25) is 0 Å². The minimum absolute atomic E-state index is 0.194. The number of amides is 1. The van der Waals surface area contributed by atoms with Gasteiger partial charge in [-0.1, -0.05) is 30.3 Å². The Kier molecular flexibility index (Phi) is 8.87. The molecule has 2 aromatic rings. The molecule has 0 heterocycles. The van der Waals surface area contributed by atoms with Crippen LogP contribution in [0.25, 0.3) is 0 Å². The lowest BCUT2D eigenvalue weighted by Gasteiger charge is -2.19. The van der Waals surface area contributed by atoms with Crippen molar-refractivity contribution < 1.29 is 33.3 Å². The van der Waals surface area contributed by atoms with Gasteiger partial charge in [0.15, 0.2) is 0 Å². The number of hydrogen-bond donors (Lipinski definition) is 1. The Bertz CT molecular complexity index is 886. The molecule has 0 spiro atoms. The van der Waals surface area contributed by atoms with Crippen LogP contribution in [0.3, 0.4) is 0 Å². The predicted octanol–water partition coefficient (Wildman–Crippen LogP) is 2.32. The van der Waals surface area contributed by atoms with Gasteiger partial charge < -0.3 is 24.3 Å². The average molecular weight is 429 g/mol. The second kappa shape index (κ2) is 11.6. The minimum Gasteiger partial charge on any atom is -0.496 e. The van der Waals surface area contributed by atoms with Crippen LogP contribution in [0.1, 0.15) is 27.9 Å². The standard InChI is InChI=1S/C23H27NO7/c1-28-18-6-5-7-19(29-2)21(18)22(26)24-17(23(27)31-4)14-16-10-8-15(9-11-16)12-13-20(25)30-3/h5-11,17H,12-14H2,1-4H3,(H,24,26)/t17-/m0/s1. The van der Waals surface area contributed by atoms with Crippen LogP contribution in [-0.4, -0.2) is 52.3 Å². The molecule has 2 rings (SSSR count). The number of esters is 2. The summed E-state index contributed by atoms with van der Waals surface area (Å²) in [5, 5.41) is 2.71. The van der Waals surface area contributed by atoms with E-state index >= 15 is 0 Å². The number of hydrogen-bond acceptors (Lipinski definition) is 7. The first-order valence-electron chi connectivity index (χ1n) is 9.67. The summed E-state index contributed by atoms with van der Waals surface area (Å²) in [7, 11) is 5.52. The zero-order valence-electron chi connectivity index (χ0n) is 18.1. The Hall–Kier alpha value is -3.55. The van der Waals surface area contributed by atoms with Crippen LogP contribution < -0.4 is 14.8 Å². The first-order valence-corrected chi connectivity index (χ1v) is 9.67. The second-order valence-corrected chi connectivity index (χ2v) is 6.68. The third-order valence-corrected chi connectivity index (χ3v) is 4.75. The van der Waals surface area contributed by atoms with Gasteiger partial charge in [0.25, 0.3) is 5.91 Å². The highest BCUT2D eigenvalue weighted by molar-refractivity contribution is 6.01. The van der Waals surface area contributed by atoms with Crippen molar-refractivity contribution in [2.24, 2.45) is 0 Å². The number of carbonyl (C=O) groups is 3. The van der Waals surface area contributed by atoms with Gasteiger partial charge in [-0.25, -0.2) is 4.79 Å². The molecule has 0 bridgehead atoms. The minimum atomic E-state index is -0.909. The van der Waals surface area contributed by atoms with Gasteiger partial charge in [0, 0.05) is 12.8 Å². The number of nitrogens with one attached hydrogen (secondary N) is 1. The molecule has 1 atom stereocenters. The number of methoxy groups -OCH3 is 4. The van der Waals surface area contributed by atoms with Crippen LogP contribution in [0.5, 0.6) is 11.5 Å². The Morgan fingerprint density at radius 3 is 1.94 bits per heavy atom. The van der Waals surface area contributed by atoms with Crippen LogP contribution >= 0.6 is 0 Å². The van der Waals surface area contributed by atoms with E-state index in [1.165, 1.54) is 28.4 Å². The van der Waals surface area contributed by atoms with Gasteiger partial charge >= 0.3 is 11.9 Å². The van der Waals surface area contributed by atoms with E-state index in [-0.39, 0.29) is 24.4 Å². The van der Waals surface area contributed by atoms with Gasteiger partial charge in [-0.15, -0.1) is 0 Å². The molecule has 31 heavy (non-hydrogen) atoms. The van der Waals surface area contributed by atoms with Crippen LogP contribution in [0, 0.1) is 0 Å². The van der Waals surface area contributed by atoms with E-state index in [0.29, 0.717) is 17.9 Å². The monoisotopic (exact) mass is 429 g/mol. The van der Waals surface area contributed by atoms with Gasteiger partial charge in [-0.3, -0.25) is 9.59 Å². The summed E-state index contributed by atoms with van der Waals surface area (Å²) in [6, 6.07) is 11.5. The van der Waals surface area contributed by atoms with Gasteiger partial charge in [-0.2, -0.15) is 0 Å². The molecule has 1 amide bonds. The maximum Gasteiger partial charge on any atom is 0.328 e. The molecule has 8 nitrogen and oxygen atoms in total. The summed E-state index contributed by atoms with van der Waals surface area (Å²) in [5.41, 5.74) is 1.98. The van der Waals surface area contributed by atoms with E-state index in [1.54, 1.807) is 18.2 Å². The topological polar surface area (TPSA) is 100 Å². The molecule has 1 N–H and O–H groups in total. The molecule has 0 saturated heterocycles. The molecule has 8 heteroatoms. The van der Waals surface area contributed by atoms with E-state index in [2.05, 4.69) is 10.1 Å². The van der Waals surface area contributed by atoms with Gasteiger partial charge in [0.1, 0.15) is 23.1 Å². The lowest BCUT2D eigenvalue weighted by Crippen LogP contribution is -2.43. The van der Waals surface area contributed by atoms with Crippen molar-refractivity contribution in [3.05, 3.63) is 59.2 Å². The molecular formula is C23H27NO7. The fourth-order valence-corrected chi connectivity index (χ4v) is 3.07. The molecule has 0 aliphatic heterocycles. The van der Waals surface area contributed by atoms with E-state index in [1.807, 2.05) is 24.3 Å². The van der Waals surface area contributed by atoms with Crippen molar-refractivity contribution in [3.63, 3.8) is 0 Å². The lowest BCUT2D eigenvalue weighted by molar-refractivity contribution is -0.143.